The molecule has 0 bridgehead atoms. The summed E-state index contributed by atoms with van der Waals surface area (Å²) in [7, 11) is 0. The number of fused-ring (bicyclic) bond motifs is 1. The Bertz CT molecular complexity index is 895. The van der Waals surface area contributed by atoms with Crippen LogP contribution < -0.4 is 10.2 Å². The van der Waals surface area contributed by atoms with Crippen molar-refractivity contribution < 1.29 is 4.79 Å². The van der Waals surface area contributed by atoms with E-state index in [1.165, 1.54) is 6.92 Å². The zero-order valence-corrected chi connectivity index (χ0v) is 16.7. The van der Waals surface area contributed by atoms with Crippen molar-refractivity contribution in [2.24, 2.45) is 0 Å². The van der Waals surface area contributed by atoms with Gasteiger partial charge in [-0.05, 0) is 37.0 Å². The van der Waals surface area contributed by atoms with Crippen LogP contribution in [0, 0.1) is 34.0 Å². The van der Waals surface area contributed by atoms with Crippen LogP contribution in [0.5, 0.6) is 0 Å². The molecule has 6 nitrogen and oxygen atoms in total. The fourth-order valence-electron chi connectivity index (χ4n) is 3.73. The molecule has 1 N–H and O–H groups in total. The number of benzene rings is 1. The quantitative estimate of drug-likeness (QED) is 0.716. The highest BCUT2D eigenvalue weighted by molar-refractivity contribution is 5.98. The van der Waals surface area contributed by atoms with Crippen LogP contribution in [0.4, 0.5) is 11.4 Å². The largest absolute Gasteiger partial charge is 0.368 e. The molecular weight excluding hydrogens is 350 g/mol. The van der Waals surface area contributed by atoms with Crippen LogP contribution >= 0.6 is 0 Å². The minimum absolute atomic E-state index is 0.00407. The Morgan fingerprint density at radius 3 is 2.43 bits per heavy atom. The van der Waals surface area contributed by atoms with Gasteiger partial charge >= 0.3 is 0 Å². The number of hydrogen-bond acceptors (Lipinski definition) is 5. The van der Waals surface area contributed by atoms with Gasteiger partial charge in [0.2, 0.25) is 5.91 Å². The molecule has 144 valence electrons. The first kappa shape index (κ1) is 21.0. The van der Waals surface area contributed by atoms with E-state index in [9.17, 15) is 20.6 Å². The second kappa shape index (κ2) is 9.58. The molecule has 0 fully saturated rings. The third-order valence-electron chi connectivity index (χ3n) is 4.96. The first-order valence-electron chi connectivity index (χ1n) is 9.66. The summed E-state index contributed by atoms with van der Waals surface area (Å²) < 4.78 is 0. The summed E-state index contributed by atoms with van der Waals surface area (Å²) >= 11 is 0. The number of nitriles is 3. The van der Waals surface area contributed by atoms with Crippen LogP contribution in [-0.2, 0) is 11.2 Å². The number of carbonyl (C=O) groups excluding carboxylic acids is 1. The highest BCUT2D eigenvalue weighted by Gasteiger charge is 2.30. The van der Waals surface area contributed by atoms with Gasteiger partial charge in [-0.15, -0.1) is 0 Å². The number of hydrogen-bond donors (Lipinski definition) is 1. The molecule has 0 saturated carbocycles. The normalized spacial score (nSPS) is 14.4. The van der Waals surface area contributed by atoms with E-state index in [4.69, 9.17) is 0 Å². The third kappa shape index (κ3) is 4.33. The number of allylic oxidation sites excluding steroid dienone is 2. The van der Waals surface area contributed by atoms with Crippen molar-refractivity contribution in [1.29, 1.82) is 15.8 Å². The summed E-state index contributed by atoms with van der Waals surface area (Å²) in [4.78, 5) is 14.1. The summed E-state index contributed by atoms with van der Waals surface area (Å²) in [6.07, 6.45) is 5.16. The van der Waals surface area contributed by atoms with E-state index < -0.39 is 0 Å². The molecule has 0 aromatic heterocycles. The number of carbonyl (C=O) groups is 1. The summed E-state index contributed by atoms with van der Waals surface area (Å²) in [6, 6.07) is 9.69. The number of nitrogens with one attached hydrogen (secondary N) is 1. The lowest BCUT2D eigenvalue weighted by Gasteiger charge is -2.28. The highest BCUT2D eigenvalue weighted by atomic mass is 16.1. The van der Waals surface area contributed by atoms with Crippen molar-refractivity contribution in [1.82, 2.24) is 0 Å². The summed E-state index contributed by atoms with van der Waals surface area (Å²) in [6.45, 7) is 6.66. The van der Waals surface area contributed by atoms with Crippen LogP contribution in [0.2, 0.25) is 0 Å². The van der Waals surface area contributed by atoms with E-state index in [-0.39, 0.29) is 17.1 Å². The predicted octanol–water partition coefficient (Wildman–Crippen LogP) is 4.30. The standard InChI is InChI=1S/C22H25N5O/c1-4-6-8-27-18(7-5-2)9-16-10-19(20(14-25)17(12-23)13-24)21(11-22(16)27)26-15(3)28/h10-11,18H,4-9H2,1-3H3,(H,26,28). The number of rotatable bonds is 7. The van der Waals surface area contributed by atoms with Crippen molar-refractivity contribution >= 4 is 22.9 Å². The van der Waals surface area contributed by atoms with Crippen LogP contribution in [0.25, 0.3) is 5.57 Å². The van der Waals surface area contributed by atoms with E-state index in [1.807, 2.05) is 18.2 Å². The summed E-state index contributed by atoms with van der Waals surface area (Å²) in [5.74, 6) is -0.267. The van der Waals surface area contributed by atoms with Gasteiger partial charge in [0.1, 0.15) is 23.8 Å². The van der Waals surface area contributed by atoms with E-state index >= 15 is 0 Å². The zero-order valence-electron chi connectivity index (χ0n) is 16.7. The molecule has 0 radical (unpaired) electrons. The van der Waals surface area contributed by atoms with Crippen molar-refractivity contribution in [3.63, 3.8) is 0 Å². The van der Waals surface area contributed by atoms with Gasteiger partial charge in [0.05, 0.1) is 11.3 Å². The zero-order chi connectivity index (χ0) is 20.7. The van der Waals surface area contributed by atoms with Crippen LogP contribution in [0.3, 0.4) is 0 Å². The molecule has 1 heterocycles. The fourth-order valence-corrected chi connectivity index (χ4v) is 3.73. The van der Waals surface area contributed by atoms with Crippen LogP contribution in [0.15, 0.2) is 17.7 Å². The molecule has 1 aliphatic heterocycles. The van der Waals surface area contributed by atoms with Gasteiger partial charge in [0, 0.05) is 30.8 Å². The summed E-state index contributed by atoms with van der Waals surface area (Å²) in [5.41, 5.74) is 2.79. The first-order chi connectivity index (χ1) is 13.5. The molecule has 6 heteroatoms. The molecule has 1 amide bonds. The fraction of sp³-hybridized carbons (Fsp3) is 0.455. The predicted molar refractivity (Wildman–Crippen MR) is 109 cm³/mol. The molecule has 1 aliphatic rings. The monoisotopic (exact) mass is 375 g/mol. The molecule has 0 aliphatic carbocycles. The summed E-state index contributed by atoms with van der Waals surface area (Å²) in [5, 5.41) is 30.8. The van der Waals surface area contributed by atoms with Crippen LogP contribution in [0.1, 0.15) is 57.6 Å². The van der Waals surface area contributed by atoms with Gasteiger partial charge in [0.25, 0.3) is 0 Å². The second-order valence-corrected chi connectivity index (χ2v) is 6.99. The molecule has 28 heavy (non-hydrogen) atoms. The van der Waals surface area contributed by atoms with Crippen LogP contribution in [-0.4, -0.2) is 18.5 Å². The Morgan fingerprint density at radius 2 is 1.89 bits per heavy atom. The lowest BCUT2D eigenvalue weighted by Crippen LogP contribution is -2.32. The van der Waals surface area contributed by atoms with Gasteiger partial charge in [0.15, 0.2) is 0 Å². The van der Waals surface area contributed by atoms with Gasteiger partial charge in [-0.3, -0.25) is 4.79 Å². The SMILES string of the molecule is CCCCN1c2cc(NC(C)=O)c(C(C#N)=C(C#N)C#N)cc2CC1CCC. The van der Waals surface area contributed by atoms with E-state index in [0.717, 1.165) is 49.9 Å². The van der Waals surface area contributed by atoms with E-state index in [1.54, 1.807) is 12.1 Å². The second-order valence-electron chi connectivity index (χ2n) is 6.99. The van der Waals surface area contributed by atoms with Crippen molar-refractivity contribution in [3.05, 3.63) is 28.8 Å². The van der Waals surface area contributed by atoms with Gasteiger partial charge < -0.3 is 10.2 Å². The maximum atomic E-state index is 11.8. The lowest BCUT2D eigenvalue weighted by molar-refractivity contribution is -0.114. The minimum Gasteiger partial charge on any atom is -0.368 e. The highest BCUT2D eigenvalue weighted by Crippen LogP contribution is 2.40. The molecule has 1 unspecified atom stereocenters. The lowest BCUT2D eigenvalue weighted by atomic mass is 9.96. The molecule has 0 saturated heterocycles. The number of anilines is 2. The molecule has 1 atom stereocenters. The Balaban J connectivity index is 2.66. The Kier molecular flexibility index (Phi) is 7.19. The minimum atomic E-state index is -0.267. The van der Waals surface area contributed by atoms with E-state index in [2.05, 4.69) is 24.1 Å². The third-order valence-corrected chi connectivity index (χ3v) is 4.96. The molecule has 1 aromatic rings. The molecule has 1 aromatic carbocycles. The maximum Gasteiger partial charge on any atom is 0.221 e. The Labute approximate surface area is 166 Å². The average Bonchev–Trinajstić information content (AvgIpc) is 3.00. The Hall–Kier alpha value is -3.30. The van der Waals surface area contributed by atoms with Crippen molar-refractivity contribution in [2.75, 3.05) is 16.8 Å². The molecule has 2 rings (SSSR count). The van der Waals surface area contributed by atoms with Gasteiger partial charge in [-0.2, -0.15) is 15.8 Å². The number of unbranched alkanes of at least 4 members (excludes halogenated alkanes) is 1. The topological polar surface area (TPSA) is 104 Å². The smallest absolute Gasteiger partial charge is 0.221 e. The van der Waals surface area contributed by atoms with Crippen molar-refractivity contribution in [2.45, 2.75) is 58.9 Å². The first-order valence-corrected chi connectivity index (χ1v) is 9.66. The maximum absolute atomic E-state index is 11.8. The van der Waals surface area contributed by atoms with E-state index in [0.29, 0.717) is 17.3 Å². The number of nitrogens with zero attached hydrogens (tertiary/aromatic N) is 4. The number of amides is 1. The van der Waals surface area contributed by atoms with Gasteiger partial charge in [-0.25, -0.2) is 0 Å². The Morgan fingerprint density at radius 1 is 1.18 bits per heavy atom. The van der Waals surface area contributed by atoms with Crippen molar-refractivity contribution in [3.8, 4) is 18.2 Å². The molecule has 0 spiro atoms. The average molecular weight is 375 g/mol. The van der Waals surface area contributed by atoms with Gasteiger partial charge in [-0.1, -0.05) is 26.7 Å². The molecular formula is C22H25N5O.